The molecule has 22 heavy (non-hydrogen) atoms. The normalized spacial score (nSPS) is 11.1. The van der Waals surface area contributed by atoms with Crippen LogP contribution in [-0.2, 0) is 0 Å². The zero-order valence-electron chi connectivity index (χ0n) is 13.2. The number of halogens is 1. The highest BCUT2D eigenvalue weighted by molar-refractivity contribution is 9.10. The monoisotopic (exact) mass is 361 g/mol. The second-order valence-corrected chi connectivity index (χ2v) is 7.10. The van der Waals surface area contributed by atoms with Gasteiger partial charge in [0.25, 0.3) is 5.91 Å². The van der Waals surface area contributed by atoms with Crippen molar-refractivity contribution in [1.29, 1.82) is 0 Å². The van der Waals surface area contributed by atoms with E-state index in [0.29, 0.717) is 5.69 Å². The van der Waals surface area contributed by atoms with Crippen LogP contribution in [0.15, 0.2) is 41.0 Å². The average Bonchev–Trinajstić information content (AvgIpc) is 2.41. The summed E-state index contributed by atoms with van der Waals surface area (Å²) in [6, 6.07) is 9.35. The molecule has 0 bridgehead atoms. The number of hydrogen-bond donors (Lipinski definition) is 2. The number of aromatic nitrogens is 1. The summed E-state index contributed by atoms with van der Waals surface area (Å²) in [7, 11) is 0. The van der Waals surface area contributed by atoms with E-state index in [1.807, 2.05) is 31.2 Å². The lowest BCUT2D eigenvalue weighted by Crippen LogP contribution is -2.26. The molecular weight excluding hydrogens is 342 g/mol. The van der Waals surface area contributed by atoms with Crippen LogP contribution < -0.4 is 10.6 Å². The van der Waals surface area contributed by atoms with Gasteiger partial charge >= 0.3 is 0 Å². The van der Waals surface area contributed by atoms with Gasteiger partial charge in [0, 0.05) is 10.0 Å². The number of carbonyl (C=O) groups is 1. The van der Waals surface area contributed by atoms with Gasteiger partial charge in [-0.15, -0.1) is 0 Å². The van der Waals surface area contributed by atoms with Crippen LogP contribution >= 0.6 is 15.9 Å². The molecule has 2 rings (SSSR count). The Labute approximate surface area is 139 Å². The molecule has 2 N–H and O–H groups in total. The van der Waals surface area contributed by atoms with E-state index < -0.39 is 0 Å². The third kappa shape index (κ3) is 4.56. The van der Waals surface area contributed by atoms with Crippen LogP contribution in [0, 0.1) is 6.92 Å². The molecule has 0 radical (unpaired) electrons. The minimum absolute atomic E-state index is 0.0434. The first-order valence-electron chi connectivity index (χ1n) is 7.06. The number of nitrogens with one attached hydrogen (secondary N) is 2. The van der Waals surface area contributed by atoms with Crippen molar-refractivity contribution >= 4 is 33.2 Å². The van der Waals surface area contributed by atoms with Gasteiger partial charge in [-0.3, -0.25) is 4.79 Å². The quantitative estimate of drug-likeness (QED) is 0.838. The fraction of sp³-hybridized carbons (Fsp3) is 0.294. The van der Waals surface area contributed by atoms with Crippen molar-refractivity contribution in [3.05, 3.63) is 52.3 Å². The lowest BCUT2D eigenvalue weighted by Gasteiger charge is -2.21. The van der Waals surface area contributed by atoms with Crippen LogP contribution in [0.5, 0.6) is 0 Å². The zero-order chi connectivity index (χ0) is 16.3. The predicted molar refractivity (Wildman–Crippen MR) is 94.4 cm³/mol. The van der Waals surface area contributed by atoms with Gasteiger partial charge in [-0.2, -0.15) is 0 Å². The highest BCUT2D eigenvalue weighted by Gasteiger charge is 2.12. The summed E-state index contributed by atoms with van der Waals surface area (Å²) in [5.74, 6) is -0.230. The van der Waals surface area contributed by atoms with Crippen molar-refractivity contribution in [2.24, 2.45) is 0 Å². The second-order valence-electron chi connectivity index (χ2n) is 6.24. The molecular formula is C17H20BrN3O. The molecule has 0 aliphatic rings. The summed E-state index contributed by atoms with van der Waals surface area (Å²) in [6.07, 6.45) is 1.67. The molecule has 2 aromatic rings. The first-order valence-corrected chi connectivity index (χ1v) is 7.86. The van der Waals surface area contributed by atoms with Crippen LogP contribution in [0.4, 0.5) is 11.4 Å². The summed E-state index contributed by atoms with van der Waals surface area (Å²) >= 11 is 3.45. The van der Waals surface area contributed by atoms with E-state index in [4.69, 9.17) is 0 Å². The fourth-order valence-corrected chi connectivity index (χ4v) is 2.54. The zero-order valence-corrected chi connectivity index (χ0v) is 14.8. The highest BCUT2D eigenvalue weighted by atomic mass is 79.9. The molecule has 0 aliphatic heterocycles. The van der Waals surface area contributed by atoms with Crippen LogP contribution in [0.2, 0.25) is 0 Å². The Bertz CT molecular complexity index is 675. The topological polar surface area (TPSA) is 54.0 Å². The smallest absolute Gasteiger partial charge is 0.274 e. The molecule has 1 aromatic heterocycles. The lowest BCUT2D eigenvalue weighted by atomic mass is 10.1. The van der Waals surface area contributed by atoms with E-state index >= 15 is 0 Å². The highest BCUT2D eigenvalue weighted by Crippen LogP contribution is 2.24. The number of benzene rings is 1. The molecule has 0 saturated carbocycles. The summed E-state index contributed by atoms with van der Waals surface area (Å²) in [4.78, 5) is 16.4. The Hall–Kier alpha value is -1.88. The fourth-order valence-electron chi connectivity index (χ4n) is 1.94. The van der Waals surface area contributed by atoms with Gasteiger partial charge in [0.05, 0.1) is 17.6 Å². The van der Waals surface area contributed by atoms with Crippen molar-refractivity contribution in [3.8, 4) is 0 Å². The van der Waals surface area contributed by atoms with E-state index in [1.165, 1.54) is 0 Å². The first-order chi connectivity index (χ1) is 10.2. The minimum Gasteiger partial charge on any atom is -0.379 e. The van der Waals surface area contributed by atoms with Crippen molar-refractivity contribution in [1.82, 2.24) is 4.98 Å². The van der Waals surface area contributed by atoms with Crippen LogP contribution in [-0.4, -0.2) is 16.4 Å². The standard InChI is InChI=1S/C17H20BrN3O/c1-11-5-7-14(13(18)9-11)20-16(22)15-8-6-12(10-19-15)21-17(2,3)4/h5-10,21H,1-4H3,(H,20,22). The third-order valence-electron chi connectivity index (χ3n) is 2.89. The number of carbonyl (C=O) groups excluding carboxylic acids is 1. The maximum Gasteiger partial charge on any atom is 0.274 e. The van der Waals surface area contributed by atoms with Crippen LogP contribution in [0.1, 0.15) is 36.8 Å². The largest absolute Gasteiger partial charge is 0.379 e. The lowest BCUT2D eigenvalue weighted by molar-refractivity contribution is 0.102. The minimum atomic E-state index is -0.230. The van der Waals surface area contributed by atoms with E-state index in [9.17, 15) is 4.79 Å². The predicted octanol–water partition coefficient (Wildman–Crippen LogP) is 4.62. The molecule has 4 nitrogen and oxygen atoms in total. The number of nitrogens with zero attached hydrogens (tertiary/aromatic N) is 1. The Morgan fingerprint density at radius 2 is 1.91 bits per heavy atom. The Kier molecular flexibility index (Phi) is 4.86. The molecule has 0 fully saturated rings. The number of rotatable bonds is 3. The average molecular weight is 362 g/mol. The SMILES string of the molecule is Cc1ccc(NC(=O)c2ccc(NC(C)(C)C)cn2)c(Br)c1. The van der Waals surface area contributed by atoms with Crippen molar-refractivity contribution in [2.75, 3.05) is 10.6 Å². The molecule has 5 heteroatoms. The van der Waals surface area contributed by atoms with E-state index in [-0.39, 0.29) is 11.4 Å². The maximum atomic E-state index is 12.2. The maximum absolute atomic E-state index is 12.2. The van der Waals surface area contributed by atoms with Crippen molar-refractivity contribution in [2.45, 2.75) is 33.2 Å². The van der Waals surface area contributed by atoms with Crippen LogP contribution in [0.25, 0.3) is 0 Å². The summed E-state index contributed by atoms with van der Waals surface area (Å²) in [6.45, 7) is 8.21. The number of pyridine rings is 1. The van der Waals surface area contributed by atoms with E-state index in [2.05, 4.69) is 52.3 Å². The van der Waals surface area contributed by atoms with Gasteiger partial charge < -0.3 is 10.6 Å². The molecule has 0 saturated heterocycles. The molecule has 0 spiro atoms. The number of hydrogen-bond acceptors (Lipinski definition) is 3. The molecule has 1 heterocycles. The third-order valence-corrected chi connectivity index (χ3v) is 3.54. The summed E-state index contributed by atoms with van der Waals surface area (Å²) in [5, 5.41) is 6.16. The molecule has 0 atom stereocenters. The van der Waals surface area contributed by atoms with Crippen molar-refractivity contribution < 1.29 is 4.79 Å². The molecule has 1 aromatic carbocycles. The number of amides is 1. The Morgan fingerprint density at radius 3 is 2.45 bits per heavy atom. The summed E-state index contributed by atoms with van der Waals surface area (Å²) < 4.78 is 0.854. The van der Waals surface area contributed by atoms with E-state index in [1.54, 1.807) is 12.3 Å². The molecule has 116 valence electrons. The van der Waals surface area contributed by atoms with Gasteiger partial charge in [-0.25, -0.2) is 4.98 Å². The van der Waals surface area contributed by atoms with E-state index in [0.717, 1.165) is 21.4 Å². The number of anilines is 2. The molecule has 0 aliphatic carbocycles. The molecule has 0 unspecified atom stereocenters. The Morgan fingerprint density at radius 1 is 1.18 bits per heavy atom. The van der Waals surface area contributed by atoms with Gasteiger partial charge in [0.1, 0.15) is 5.69 Å². The van der Waals surface area contributed by atoms with Crippen LogP contribution in [0.3, 0.4) is 0 Å². The number of aryl methyl sites for hydroxylation is 1. The summed E-state index contributed by atoms with van der Waals surface area (Å²) in [5.41, 5.74) is 3.08. The van der Waals surface area contributed by atoms with Gasteiger partial charge in [0.15, 0.2) is 0 Å². The van der Waals surface area contributed by atoms with Gasteiger partial charge in [-0.05, 0) is 73.5 Å². The second kappa shape index (κ2) is 6.48. The van der Waals surface area contributed by atoms with Crippen molar-refractivity contribution in [3.63, 3.8) is 0 Å². The first kappa shape index (κ1) is 16.5. The van der Waals surface area contributed by atoms with Gasteiger partial charge in [-0.1, -0.05) is 6.07 Å². The molecule has 1 amide bonds. The van der Waals surface area contributed by atoms with Gasteiger partial charge in [0.2, 0.25) is 0 Å². The Balaban J connectivity index is 2.10.